The fourth-order valence-corrected chi connectivity index (χ4v) is 25.9. The molecule has 9 aromatic rings. The fraction of sp³-hybridized carbons (Fsp3) is 0.160. The van der Waals surface area contributed by atoms with E-state index in [0.717, 1.165) is 0 Å². The van der Waals surface area contributed by atoms with E-state index in [1.807, 2.05) is 0 Å². The van der Waals surface area contributed by atoms with E-state index < -0.39 is 28.7 Å². The first-order valence-corrected chi connectivity index (χ1v) is 24.9. The van der Waals surface area contributed by atoms with E-state index in [9.17, 15) is 0 Å². The molecule has 0 nitrogen and oxygen atoms in total. The van der Waals surface area contributed by atoms with E-state index in [-0.39, 0.29) is 0 Å². The average molecular weight is 769 g/mol. The van der Waals surface area contributed by atoms with E-state index in [0.29, 0.717) is 0 Å². The van der Waals surface area contributed by atoms with Crippen molar-refractivity contribution in [3.05, 3.63) is 177 Å². The molecule has 0 bridgehead atoms. The van der Waals surface area contributed by atoms with Crippen LogP contribution in [0.1, 0.15) is 44.5 Å². The molecule has 0 saturated heterocycles. The highest BCUT2D eigenvalue weighted by Gasteiger charge is 2.27. The summed E-state index contributed by atoms with van der Waals surface area (Å²) in [5, 5.41) is 12.3. The van der Waals surface area contributed by atoms with Crippen molar-refractivity contribution in [1.29, 1.82) is 0 Å². The normalized spacial score (nSPS) is 12.9. The number of rotatable bonds is 4. The van der Waals surface area contributed by atoms with Gasteiger partial charge in [-0.3, -0.25) is 0 Å². The predicted octanol–water partition coefficient (Wildman–Crippen LogP) is 17.3. The van der Waals surface area contributed by atoms with Crippen LogP contribution in [0.25, 0.3) is 63.9 Å². The minimum Gasteiger partial charge on any atom is -0.0622 e. The maximum absolute atomic E-state index is 4.21. The Hall–Kier alpha value is -4.44. The maximum atomic E-state index is 4.21. The molecule has 4 heteroatoms. The number of fused-ring (bicyclic) bond motifs is 7. The molecule has 5 aromatic heterocycles. The number of hydrogen-bond acceptors (Lipinski definition) is 0. The van der Waals surface area contributed by atoms with E-state index in [4.69, 9.17) is 0 Å². The molecule has 5 heterocycles. The molecule has 4 aromatic carbocycles. The van der Waals surface area contributed by atoms with Crippen molar-refractivity contribution in [2.75, 3.05) is 0 Å². The standard InChI is InChI=1S/C50H44P4/c1-31-35(5)47-49-37(7)33(3)45(41-25-17-11-18-26-41)53(49)54-46(42-27-19-12-20-28-42)34(4)38(8)50(54)48-36(6)32(2)44(40-23-15-10-16-24-40)52(48)30-29-51(47)43(31)39-21-13-9-14-22-39/h9-28H,1-8H3. The van der Waals surface area contributed by atoms with Crippen molar-refractivity contribution in [3.63, 3.8) is 0 Å². The Morgan fingerprint density at radius 2 is 0.519 bits per heavy atom. The molecule has 0 aliphatic rings. The lowest BCUT2D eigenvalue weighted by atomic mass is 10.1. The molecule has 264 valence electrons. The first-order valence-electron chi connectivity index (χ1n) is 18.8. The Morgan fingerprint density at radius 3 is 0.815 bits per heavy atom. The molecule has 0 amide bonds. The smallest absolute Gasteiger partial charge is 0.0217 e. The van der Waals surface area contributed by atoms with Crippen LogP contribution in [0, 0.1) is 67.0 Å². The van der Waals surface area contributed by atoms with Crippen LogP contribution >= 0.6 is 28.7 Å². The van der Waals surface area contributed by atoms with E-state index >= 15 is 0 Å². The van der Waals surface area contributed by atoms with Crippen LogP contribution in [0.5, 0.6) is 0 Å². The summed E-state index contributed by atoms with van der Waals surface area (Å²) in [7, 11) is -3.55. The molecule has 0 saturated carbocycles. The van der Waals surface area contributed by atoms with E-state index in [1.165, 1.54) is 77.4 Å². The summed E-state index contributed by atoms with van der Waals surface area (Å²) in [6, 6.07) is 45.1. The van der Waals surface area contributed by atoms with Crippen LogP contribution in [0.3, 0.4) is 0 Å². The second-order valence-electron chi connectivity index (χ2n) is 14.8. The van der Waals surface area contributed by atoms with Gasteiger partial charge in [-0.1, -0.05) is 135 Å². The molecular weight excluding hydrogens is 724 g/mol. The largest absolute Gasteiger partial charge is 0.0622 e. The van der Waals surface area contributed by atoms with Crippen LogP contribution in [0.4, 0.5) is 0 Å². The summed E-state index contributed by atoms with van der Waals surface area (Å²) in [6.07, 6.45) is 0. The molecule has 0 fully saturated rings. The molecule has 0 N–H and O–H groups in total. The summed E-state index contributed by atoms with van der Waals surface area (Å²) in [4.78, 5) is 0. The third-order valence-corrected chi connectivity index (χ3v) is 25.2. The molecular formula is C50H44P4. The van der Waals surface area contributed by atoms with E-state index in [2.05, 4.69) is 188 Å². The summed E-state index contributed by atoms with van der Waals surface area (Å²) < 4.78 is 0. The average Bonchev–Trinajstić information content (AvgIpc) is 3.80. The lowest BCUT2D eigenvalue weighted by Gasteiger charge is -2.09. The second-order valence-corrected chi connectivity index (χ2v) is 23.8. The first-order chi connectivity index (χ1) is 26.2. The third kappa shape index (κ3) is 5.22. The number of benzene rings is 4. The van der Waals surface area contributed by atoms with Gasteiger partial charge in [0, 0.05) is 41.7 Å². The molecule has 0 aliphatic carbocycles. The van der Waals surface area contributed by atoms with Gasteiger partial charge in [-0.25, -0.2) is 0 Å². The van der Waals surface area contributed by atoms with Gasteiger partial charge in [0.2, 0.25) is 0 Å². The number of aryl methyl sites for hydroxylation is 4. The summed E-state index contributed by atoms with van der Waals surface area (Å²) in [6.45, 7) is 19.3. The van der Waals surface area contributed by atoms with Gasteiger partial charge in [0.15, 0.2) is 0 Å². The minimum absolute atomic E-state index is 0.828. The van der Waals surface area contributed by atoms with Gasteiger partial charge in [0.25, 0.3) is 0 Å². The zero-order chi connectivity index (χ0) is 37.4. The van der Waals surface area contributed by atoms with Gasteiger partial charge < -0.3 is 0 Å². The zero-order valence-corrected chi connectivity index (χ0v) is 35.9. The van der Waals surface area contributed by atoms with Crippen LogP contribution < -0.4 is 0 Å². The van der Waals surface area contributed by atoms with Crippen LogP contribution in [-0.2, 0) is 0 Å². The van der Waals surface area contributed by atoms with Gasteiger partial charge in [-0.2, -0.15) is 0 Å². The highest BCUT2D eigenvalue weighted by atomic mass is 31.9. The van der Waals surface area contributed by atoms with Crippen LogP contribution in [0.15, 0.2) is 121 Å². The van der Waals surface area contributed by atoms with Gasteiger partial charge in [0.1, 0.15) is 0 Å². The summed E-state index contributed by atoms with van der Waals surface area (Å²) in [5.74, 6) is 8.43. The van der Waals surface area contributed by atoms with Crippen molar-refractivity contribution in [2.45, 2.75) is 55.4 Å². The minimum atomic E-state index is -0.946. The second kappa shape index (κ2) is 13.7. The Bertz CT molecular complexity index is 2760. The molecule has 0 spiro atoms. The zero-order valence-electron chi connectivity index (χ0n) is 32.3. The van der Waals surface area contributed by atoms with Gasteiger partial charge in [0.05, 0.1) is 0 Å². The molecule has 4 unspecified atom stereocenters. The Balaban J connectivity index is 1.72. The van der Waals surface area contributed by atoms with Crippen LogP contribution in [-0.4, -0.2) is 0 Å². The highest BCUT2D eigenvalue weighted by molar-refractivity contribution is 8.12. The van der Waals surface area contributed by atoms with Crippen molar-refractivity contribution in [3.8, 4) is 43.4 Å². The molecule has 9 rings (SSSR count). The van der Waals surface area contributed by atoms with Gasteiger partial charge in [-0.15, -0.1) is 0 Å². The first kappa shape index (κ1) is 35.3. The topological polar surface area (TPSA) is 0 Å². The maximum Gasteiger partial charge on any atom is 0.0217 e. The van der Waals surface area contributed by atoms with Crippen LogP contribution in [0.2, 0.25) is 0 Å². The lowest BCUT2D eigenvalue weighted by Crippen LogP contribution is -1.78. The van der Waals surface area contributed by atoms with Gasteiger partial charge in [-0.05, 0) is 148 Å². The van der Waals surface area contributed by atoms with Crippen molar-refractivity contribution >= 4 is 49.2 Å². The molecule has 4 atom stereocenters. The molecule has 54 heavy (non-hydrogen) atoms. The monoisotopic (exact) mass is 768 g/mol. The number of hydrogen-bond donors (Lipinski definition) is 0. The summed E-state index contributed by atoms with van der Waals surface area (Å²) >= 11 is 0. The quantitative estimate of drug-likeness (QED) is 0.167. The predicted molar refractivity (Wildman–Crippen MR) is 244 cm³/mol. The lowest BCUT2D eigenvalue weighted by molar-refractivity contribution is 1.41. The van der Waals surface area contributed by atoms with Crippen molar-refractivity contribution < 1.29 is 0 Å². The molecule has 0 aliphatic heterocycles. The van der Waals surface area contributed by atoms with E-state index in [1.54, 1.807) is 31.1 Å². The van der Waals surface area contributed by atoms with Gasteiger partial charge >= 0.3 is 0 Å². The van der Waals surface area contributed by atoms with Crippen molar-refractivity contribution in [1.82, 2.24) is 0 Å². The molecule has 0 radical (unpaired) electrons. The highest BCUT2D eigenvalue weighted by Crippen LogP contribution is 2.70. The Labute approximate surface area is 323 Å². The SMILES string of the molecule is Cc1c(C)c2c3c(C)c(C)c(-c4ccccc4)p3p3c(-c4ccccc4)c(C)c(C)c3c3c(C)c(C)c(-c4ccccc4)p3c#cp2c1-c1ccccc1. The fourth-order valence-electron chi connectivity index (χ4n) is 8.77. The third-order valence-electron chi connectivity index (χ3n) is 11.9. The Kier molecular flexibility index (Phi) is 8.95. The van der Waals surface area contributed by atoms with Crippen molar-refractivity contribution in [2.24, 2.45) is 0 Å². The summed E-state index contributed by atoms with van der Waals surface area (Å²) in [5.41, 5.74) is 17.0. The Morgan fingerprint density at radius 1 is 0.278 bits per heavy atom.